The predicted molar refractivity (Wildman–Crippen MR) is 94.6 cm³/mol. The Hall–Kier alpha value is -2.26. The van der Waals surface area contributed by atoms with E-state index in [9.17, 15) is 0 Å². The number of hydrogen-bond acceptors (Lipinski definition) is 3. The lowest BCUT2D eigenvalue weighted by molar-refractivity contribution is 1.01. The molecule has 0 aliphatic carbocycles. The zero-order valence-electron chi connectivity index (χ0n) is 12.8. The molecular weight excluding hydrogens is 288 g/mol. The van der Waals surface area contributed by atoms with Gasteiger partial charge in [0.15, 0.2) is 0 Å². The molecule has 22 heavy (non-hydrogen) atoms. The summed E-state index contributed by atoms with van der Waals surface area (Å²) in [4.78, 5) is 9.46. The minimum absolute atomic E-state index is 0.994. The van der Waals surface area contributed by atoms with Crippen molar-refractivity contribution in [3.05, 3.63) is 59.5 Å². The quantitative estimate of drug-likeness (QED) is 0.468. The Kier molecular flexibility index (Phi) is 2.98. The molecular formula is C19H16N2S. The van der Waals surface area contributed by atoms with Gasteiger partial charge in [-0.25, -0.2) is 4.98 Å². The van der Waals surface area contributed by atoms with Crippen LogP contribution in [0.25, 0.3) is 31.4 Å². The first kappa shape index (κ1) is 13.4. The van der Waals surface area contributed by atoms with Gasteiger partial charge in [0.25, 0.3) is 0 Å². The molecule has 0 fully saturated rings. The van der Waals surface area contributed by atoms with Gasteiger partial charge in [-0.3, -0.25) is 4.98 Å². The zero-order chi connectivity index (χ0) is 15.3. The van der Waals surface area contributed by atoms with E-state index in [1.165, 1.54) is 25.7 Å². The molecule has 0 spiro atoms. The summed E-state index contributed by atoms with van der Waals surface area (Å²) in [6, 6.07) is 15.0. The number of hydrogen-bond donors (Lipinski definition) is 0. The van der Waals surface area contributed by atoms with E-state index in [0.29, 0.717) is 0 Å². The molecule has 0 saturated carbocycles. The van der Waals surface area contributed by atoms with Gasteiger partial charge in [-0.05, 0) is 26.8 Å². The fourth-order valence-corrected chi connectivity index (χ4v) is 4.12. The van der Waals surface area contributed by atoms with Crippen LogP contribution in [0.3, 0.4) is 0 Å². The lowest BCUT2D eigenvalue weighted by atomic mass is 10.1. The Bertz CT molecular complexity index is 1010. The predicted octanol–water partition coefficient (Wildman–Crippen LogP) is 5.44. The molecule has 0 atom stereocenters. The SMILES string of the molecule is Cc1nc(C)c(-c2cccc3c2sc2ccccc23)nc1C. The van der Waals surface area contributed by atoms with Crippen molar-refractivity contribution < 1.29 is 0 Å². The highest BCUT2D eigenvalue weighted by Crippen LogP contribution is 2.39. The van der Waals surface area contributed by atoms with Crippen LogP contribution in [0.4, 0.5) is 0 Å². The van der Waals surface area contributed by atoms with E-state index in [1.807, 2.05) is 32.1 Å². The second-order valence-corrected chi connectivity index (χ2v) is 6.66. The summed E-state index contributed by atoms with van der Waals surface area (Å²) >= 11 is 1.83. The van der Waals surface area contributed by atoms with Crippen LogP contribution < -0.4 is 0 Å². The number of aromatic nitrogens is 2. The van der Waals surface area contributed by atoms with E-state index >= 15 is 0 Å². The van der Waals surface area contributed by atoms with Crippen molar-refractivity contribution in [2.45, 2.75) is 20.8 Å². The maximum atomic E-state index is 4.81. The zero-order valence-corrected chi connectivity index (χ0v) is 13.7. The monoisotopic (exact) mass is 304 g/mol. The van der Waals surface area contributed by atoms with Crippen LogP contribution in [0.5, 0.6) is 0 Å². The topological polar surface area (TPSA) is 25.8 Å². The summed E-state index contributed by atoms with van der Waals surface area (Å²) in [7, 11) is 0. The molecule has 2 nitrogen and oxygen atoms in total. The molecule has 2 aromatic carbocycles. The highest BCUT2D eigenvalue weighted by molar-refractivity contribution is 7.26. The first-order chi connectivity index (χ1) is 10.6. The van der Waals surface area contributed by atoms with Crippen LogP contribution in [0.1, 0.15) is 17.1 Å². The van der Waals surface area contributed by atoms with Crippen molar-refractivity contribution in [2.24, 2.45) is 0 Å². The maximum absolute atomic E-state index is 4.81. The maximum Gasteiger partial charge on any atom is 0.0932 e. The lowest BCUT2D eigenvalue weighted by Gasteiger charge is -2.09. The summed E-state index contributed by atoms with van der Waals surface area (Å²) < 4.78 is 2.61. The molecule has 2 heterocycles. The second-order valence-electron chi connectivity index (χ2n) is 5.61. The number of nitrogens with zero attached hydrogens (tertiary/aromatic N) is 2. The van der Waals surface area contributed by atoms with Crippen LogP contribution in [0, 0.1) is 20.8 Å². The number of fused-ring (bicyclic) bond motifs is 3. The molecule has 0 radical (unpaired) electrons. The van der Waals surface area contributed by atoms with Crippen LogP contribution >= 0.6 is 11.3 Å². The van der Waals surface area contributed by atoms with Gasteiger partial charge in [0.05, 0.1) is 22.8 Å². The lowest BCUT2D eigenvalue weighted by Crippen LogP contribution is -1.99. The average Bonchev–Trinajstić information content (AvgIpc) is 2.90. The molecule has 0 aliphatic rings. The summed E-state index contributed by atoms with van der Waals surface area (Å²) in [5, 5.41) is 2.62. The number of benzene rings is 2. The second kappa shape index (κ2) is 4.89. The van der Waals surface area contributed by atoms with Gasteiger partial charge >= 0.3 is 0 Å². The van der Waals surface area contributed by atoms with Crippen molar-refractivity contribution >= 4 is 31.5 Å². The van der Waals surface area contributed by atoms with Crippen LogP contribution in [0.2, 0.25) is 0 Å². The minimum Gasteiger partial charge on any atom is -0.254 e. The molecule has 4 aromatic rings. The van der Waals surface area contributed by atoms with Crippen LogP contribution in [0.15, 0.2) is 42.5 Å². The van der Waals surface area contributed by atoms with Gasteiger partial charge in [0.2, 0.25) is 0 Å². The number of rotatable bonds is 1. The van der Waals surface area contributed by atoms with E-state index in [1.54, 1.807) is 0 Å². The van der Waals surface area contributed by atoms with Crippen molar-refractivity contribution in [1.82, 2.24) is 9.97 Å². The van der Waals surface area contributed by atoms with Gasteiger partial charge in [-0.1, -0.05) is 36.4 Å². The molecule has 0 bridgehead atoms. The van der Waals surface area contributed by atoms with Crippen molar-refractivity contribution in [1.29, 1.82) is 0 Å². The summed E-state index contributed by atoms with van der Waals surface area (Å²) in [6.07, 6.45) is 0. The highest BCUT2D eigenvalue weighted by Gasteiger charge is 2.14. The smallest absolute Gasteiger partial charge is 0.0932 e. The Labute approximate surface area is 133 Å². The Balaban J connectivity index is 2.09. The van der Waals surface area contributed by atoms with Crippen LogP contribution in [-0.2, 0) is 0 Å². The molecule has 0 unspecified atom stereocenters. The standard InChI is InChI=1S/C19H16N2S/c1-11-12(2)21-18(13(3)20-11)16-9-6-8-15-14-7-4-5-10-17(14)22-19(15)16/h4-10H,1-3H3. The Morgan fingerprint density at radius 1 is 0.727 bits per heavy atom. The molecule has 0 aliphatic heterocycles. The average molecular weight is 304 g/mol. The summed E-state index contributed by atoms with van der Waals surface area (Å²) in [5.74, 6) is 0. The molecule has 0 N–H and O–H groups in total. The molecule has 2 aromatic heterocycles. The first-order valence-electron chi connectivity index (χ1n) is 7.37. The minimum atomic E-state index is 0.994. The number of thiophene rings is 1. The fraction of sp³-hybridized carbons (Fsp3) is 0.158. The first-order valence-corrected chi connectivity index (χ1v) is 8.19. The molecule has 4 rings (SSSR count). The van der Waals surface area contributed by atoms with Crippen molar-refractivity contribution in [3.8, 4) is 11.3 Å². The van der Waals surface area contributed by atoms with Gasteiger partial charge in [-0.15, -0.1) is 11.3 Å². The summed E-state index contributed by atoms with van der Waals surface area (Å²) in [6.45, 7) is 6.08. The van der Waals surface area contributed by atoms with Gasteiger partial charge in [0, 0.05) is 25.7 Å². The fourth-order valence-electron chi connectivity index (χ4n) is 2.90. The highest BCUT2D eigenvalue weighted by atomic mass is 32.1. The molecule has 0 amide bonds. The van der Waals surface area contributed by atoms with E-state index in [2.05, 4.69) is 47.4 Å². The Morgan fingerprint density at radius 2 is 1.45 bits per heavy atom. The van der Waals surface area contributed by atoms with E-state index in [4.69, 9.17) is 4.98 Å². The molecule has 108 valence electrons. The third-order valence-corrected chi connectivity index (χ3v) is 5.36. The van der Waals surface area contributed by atoms with Crippen molar-refractivity contribution in [2.75, 3.05) is 0 Å². The van der Waals surface area contributed by atoms with E-state index in [0.717, 1.165) is 22.8 Å². The van der Waals surface area contributed by atoms with Gasteiger partial charge < -0.3 is 0 Å². The largest absolute Gasteiger partial charge is 0.254 e. The van der Waals surface area contributed by atoms with Gasteiger partial charge in [-0.2, -0.15) is 0 Å². The van der Waals surface area contributed by atoms with E-state index < -0.39 is 0 Å². The third kappa shape index (κ3) is 1.93. The molecule has 3 heteroatoms. The van der Waals surface area contributed by atoms with Gasteiger partial charge in [0.1, 0.15) is 0 Å². The third-order valence-electron chi connectivity index (χ3n) is 4.14. The molecule has 0 saturated heterocycles. The van der Waals surface area contributed by atoms with Crippen LogP contribution in [-0.4, -0.2) is 9.97 Å². The summed E-state index contributed by atoms with van der Waals surface area (Å²) in [5.41, 5.74) is 5.18. The normalized spacial score (nSPS) is 11.4. The Morgan fingerprint density at radius 3 is 2.32 bits per heavy atom. The number of aryl methyl sites for hydroxylation is 3. The van der Waals surface area contributed by atoms with Crippen molar-refractivity contribution in [3.63, 3.8) is 0 Å². The van der Waals surface area contributed by atoms with E-state index in [-0.39, 0.29) is 0 Å².